The molecule has 0 radical (unpaired) electrons. The fourth-order valence-electron chi connectivity index (χ4n) is 4.38. The summed E-state index contributed by atoms with van der Waals surface area (Å²) in [5.74, 6) is 0.962. The van der Waals surface area contributed by atoms with Gasteiger partial charge in [0.2, 0.25) is 10.0 Å². The molecule has 1 fully saturated rings. The van der Waals surface area contributed by atoms with Gasteiger partial charge in [-0.05, 0) is 49.4 Å². The molecule has 0 aliphatic carbocycles. The first-order valence-electron chi connectivity index (χ1n) is 11.1. The Labute approximate surface area is 185 Å². The summed E-state index contributed by atoms with van der Waals surface area (Å²) >= 11 is 0. The molecule has 7 heteroatoms. The lowest BCUT2D eigenvalue weighted by Gasteiger charge is -2.44. The number of nitrogens with one attached hydrogen (secondary N) is 2. The summed E-state index contributed by atoms with van der Waals surface area (Å²) in [5, 5.41) is 7.18. The van der Waals surface area contributed by atoms with E-state index in [4.69, 9.17) is 4.99 Å². The third-order valence-electron chi connectivity index (χ3n) is 6.42. The maximum Gasteiger partial charge on any atom is 0.243 e. The van der Waals surface area contributed by atoms with Gasteiger partial charge in [0.15, 0.2) is 0 Å². The monoisotopic (exact) mass is 440 g/mol. The Morgan fingerprint density at radius 1 is 1.03 bits per heavy atom. The second kappa shape index (κ2) is 9.10. The van der Waals surface area contributed by atoms with E-state index in [0.29, 0.717) is 37.4 Å². The van der Waals surface area contributed by atoms with Gasteiger partial charge in [-0.15, -0.1) is 0 Å². The van der Waals surface area contributed by atoms with E-state index in [1.807, 2.05) is 12.1 Å². The Hall–Kier alpha value is -2.22. The van der Waals surface area contributed by atoms with E-state index >= 15 is 0 Å². The minimum Gasteiger partial charge on any atom is -0.368 e. The van der Waals surface area contributed by atoms with Crippen molar-refractivity contribution in [2.24, 2.45) is 4.99 Å². The molecule has 2 heterocycles. The van der Waals surface area contributed by atoms with Crippen LogP contribution < -0.4 is 10.6 Å². The van der Waals surface area contributed by atoms with Gasteiger partial charge in [-0.3, -0.25) is 4.99 Å². The predicted molar refractivity (Wildman–Crippen MR) is 125 cm³/mol. The first-order valence-corrected chi connectivity index (χ1v) is 12.6. The minimum atomic E-state index is -3.47. The molecule has 0 saturated carbocycles. The van der Waals surface area contributed by atoms with Gasteiger partial charge in [-0.2, -0.15) is 4.31 Å². The highest BCUT2D eigenvalue weighted by molar-refractivity contribution is 7.89. The van der Waals surface area contributed by atoms with Crippen LogP contribution in [0.15, 0.2) is 58.4 Å². The Bertz CT molecular complexity index is 1020. The number of hydrogen-bond acceptors (Lipinski definition) is 5. The maximum absolute atomic E-state index is 13.1. The molecule has 0 aromatic heterocycles. The number of aliphatic imine (C=N–C) groups is 1. The van der Waals surface area contributed by atoms with Crippen molar-refractivity contribution in [2.45, 2.75) is 50.1 Å². The Morgan fingerprint density at radius 3 is 2.32 bits per heavy atom. The van der Waals surface area contributed by atoms with E-state index in [9.17, 15) is 8.42 Å². The van der Waals surface area contributed by atoms with Gasteiger partial charge in [0, 0.05) is 26.2 Å². The number of nitrogens with zero attached hydrogens (tertiary/aromatic N) is 2. The van der Waals surface area contributed by atoms with Crippen LogP contribution >= 0.6 is 0 Å². The van der Waals surface area contributed by atoms with Crippen LogP contribution in [0.5, 0.6) is 0 Å². The molecule has 0 amide bonds. The molecule has 6 nitrogen and oxygen atoms in total. The minimum absolute atomic E-state index is 0.277. The lowest BCUT2D eigenvalue weighted by atomic mass is 9.85. The smallest absolute Gasteiger partial charge is 0.243 e. The summed E-state index contributed by atoms with van der Waals surface area (Å²) in [4.78, 5) is 5.16. The van der Waals surface area contributed by atoms with Crippen molar-refractivity contribution < 1.29 is 8.42 Å². The molecule has 166 valence electrons. The molecule has 4 rings (SSSR count). The molecule has 2 aliphatic heterocycles. The lowest BCUT2D eigenvalue weighted by Crippen LogP contribution is -2.64. The molecule has 0 atom stereocenters. The van der Waals surface area contributed by atoms with Crippen molar-refractivity contribution in [1.82, 2.24) is 14.9 Å². The molecular weight excluding hydrogens is 408 g/mol. The van der Waals surface area contributed by atoms with Gasteiger partial charge in [0.1, 0.15) is 5.84 Å². The third-order valence-corrected chi connectivity index (χ3v) is 8.34. The summed E-state index contributed by atoms with van der Waals surface area (Å²) in [6, 6.07) is 15.8. The number of benzene rings is 2. The second-order valence-corrected chi connectivity index (χ2v) is 10.4. The second-order valence-electron chi connectivity index (χ2n) is 8.48. The van der Waals surface area contributed by atoms with Crippen molar-refractivity contribution in [2.75, 3.05) is 26.2 Å². The van der Waals surface area contributed by atoms with Crippen molar-refractivity contribution in [1.29, 1.82) is 0 Å². The molecule has 2 aromatic carbocycles. The van der Waals surface area contributed by atoms with Crippen LogP contribution in [0.3, 0.4) is 0 Å². The molecule has 1 spiro atoms. The zero-order valence-electron chi connectivity index (χ0n) is 18.4. The van der Waals surface area contributed by atoms with Crippen LogP contribution in [-0.4, -0.2) is 50.3 Å². The average molecular weight is 441 g/mol. The first kappa shape index (κ1) is 22.0. The highest BCUT2D eigenvalue weighted by Gasteiger charge is 2.43. The van der Waals surface area contributed by atoms with Crippen LogP contribution in [0, 0.1) is 6.92 Å². The quantitative estimate of drug-likeness (QED) is 0.750. The molecule has 0 bridgehead atoms. The molecule has 2 aliphatic rings. The Balaban J connectivity index is 1.44. The Kier molecular flexibility index (Phi) is 6.46. The van der Waals surface area contributed by atoms with E-state index in [1.165, 1.54) is 11.1 Å². The van der Waals surface area contributed by atoms with Crippen molar-refractivity contribution in [3.05, 3.63) is 65.2 Å². The van der Waals surface area contributed by atoms with Crippen LogP contribution in [0.25, 0.3) is 0 Å². The highest BCUT2D eigenvalue weighted by atomic mass is 32.2. The first-order chi connectivity index (χ1) is 14.9. The zero-order valence-corrected chi connectivity index (χ0v) is 19.2. The average Bonchev–Trinajstić information content (AvgIpc) is 2.80. The summed E-state index contributed by atoms with van der Waals surface area (Å²) in [6.45, 7) is 7.39. The van der Waals surface area contributed by atoms with Crippen LogP contribution in [-0.2, 0) is 23.0 Å². The third kappa shape index (κ3) is 4.68. The number of sulfonamides is 1. The van der Waals surface area contributed by atoms with Crippen LogP contribution in [0.4, 0.5) is 0 Å². The number of amidine groups is 1. The molecule has 2 N–H and O–H groups in total. The lowest BCUT2D eigenvalue weighted by molar-refractivity contribution is 0.241. The van der Waals surface area contributed by atoms with E-state index in [-0.39, 0.29) is 5.54 Å². The molecule has 0 unspecified atom stereocenters. The predicted octanol–water partition coefficient (Wildman–Crippen LogP) is 2.87. The number of aryl methyl sites for hydroxylation is 2. The van der Waals surface area contributed by atoms with Crippen molar-refractivity contribution in [3.8, 4) is 0 Å². The SMILES string of the molecule is CCc1ccc(S(=O)(=O)N2CCC3(CC2)NCCN=C3NCc2ccc(C)cc2)cc1. The van der Waals surface area contributed by atoms with Gasteiger partial charge in [-0.25, -0.2) is 8.42 Å². The normalized spacial score (nSPS) is 19.2. The Morgan fingerprint density at radius 2 is 1.68 bits per heavy atom. The van der Waals surface area contributed by atoms with Crippen molar-refractivity contribution in [3.63, 3.8) is 0 Å². The van der Waals surface area contributed by atoms with Gasteiger partial charge in [-0.1, -0.05) is 48.9 Å². The van der Waals surface area contributed by atoms with E-state index in [1.54, 1.807) is 16.4 Å². The number of piperidine rings is 1. The summed E-state index contributed by atoms with van der Waals surface area (Å²) in [5.41, 5.74) is 3.32. The zero-order chi connectivity index (χ0) is 21.9. The van der Waals surface area contributed by atoms with Gasteiger partial charge in [0.05, 0.1) is 17.0 Å². The fraction of sp³-hybridized carbons (Fsp3) is 0.458. The molecule has 2 aromatic rings. The van der Waals surface area contributed by atoms with E-state index in [2.05, 4.69) is 48.7 Å². The molecule has 31 heavy (non-hydrogen) atoms. The largest absolute Gasteiger partial charge is 0.368 e. The van der Waals surface area contributed by atoms with Gasteiger partial charge < -0.3 is 10.6 Å². The van der Waals surface area contributed by atoms with Gasteiger partial charge >= 0.3 is 0 Å². The van der Waals surface area contributed by atoms with Gasteiger partial charge in [0.25, 0.3) is 0 Å². The van der Waals surface area contributed by atoms with Crippen LogP contribution in [0.1, 0.15) is 36.5 Å². The number of hydrogen-bond donors (Lipinski definition) is 2. The fourth-order valence-corrected chi connectivity index (χ4v) is 5.82. The van der Waals surface area contributed by atoms with E-state index < -0.39 is 10.0 Å². The van der Waals surface area contributed by atoms with E-state index in [0.717, 1.165) is 30.9 Å². The number of rotatable bonds is 5. The van der Waals surface area contributed by atoms with Crippen molar-refractivity contribution >= 4 is 15.9 Å². The summed E-state index contributed by atoms with van der Waals surface area (Å²) < 4.78 is 27.9. The highest BCUT2D eigenvalue weighted by Crippen LogP contribution is 2.29. The maximum atomic E-state index is 13.1. The molecular formula is C24H32N4O2S. The summed E-state index contributed by atoms with van der Waals surface area (Å²) in [7, 11) is -3.47. The molecule has 1 saturated heterocycles. The summed E-state index contributed by atoms with van der Waals surface area (Å²) in [6.07, 6.45) is 2.31. The standard InChI is InChI=1S/C24H32N4O2S/c1-3-20-8-10-22(11-9-20)31(29,30)28-16-12-24(13-17-28)23(25-14-15-27-24)26-18-21-6-4-19(2)5-7-21/h4-11,27H,3,12-18H2,1-2H3,(H,25,26). The van der Waals surface area contributed by atoms with Crippen LogP contribution in [0.2, 0.25) is 0 Å². The topological polar surface area (TPSA) is 73.8 Å².